The predicted molar refractivity (Wildman–Crippen MR) is 103 cm³/mol. The monoisotopic (exact) mass is 384 g/mol. The Balaban J connectivity index is 1.41. The number of nitrogens with zero attached hydrogens (tertiary/aromatic N) is 2. The zero-order valence-corrected chi connectivity index (χ0v) is 15.8. The molecule has 1 aromatic heterocycles. The fourth-order valence-corrected chi connectivity index (χ4v) is 3.11. The van der Waals surface area contributed by atoms with Crippen molar-refractivity contribution in [2.45, 2.75) is 18.1 Å². The van der Waals surface area contributed by atoms with Crippen LogP contribution in [0.5, 0.6) is 11.5 Å². The molecule has 3 aromatic rings. The van der Waals surface area contributed by atoms with E-state index in [1.54, 1.807) is 25.3 Å². The molecule has 0 N–H and O–H groups in total. The Kier molecular flexibility index (Phi) is 6.87. The molecule has 0 unspecified atom stereocenters. The molecule has 0 atom stereocenters. The number of rotatable bonds is 10. The summed E-state index contributed by atoms with van der Waals surface area (Å²) in [6.45, 7) is 0.523. The summed E-state index contributed by atoms with van der Waals surface area (Å²) < 4.78 is 16.6. The summed E-state index contributed by atoms with van der Waals surface area (Å²) in [6, 6.07) is 15.1. The normalized spacial score (nSPS) is 10.6. The summed E-state index contributed by atoms with van der Waals surface area (Å²) in [6.07, 6.45) is 2.22. The fraction of sp³-hybridized carbons (Fsp3) is 0.250. The van der Waals surface area contributed by atoms with E-state index >= 15 is 0 Å². The van der Waals surface area contributed by atoms with E-state index in [9.17, 15) is 4.79 Å². The van der Waals surface area contributed by atoms with Crippen LogP contribution < -0.4 is 9.47 Å². The minimum Gasteiger partial charge on any atom is -0.493 e. The Hall–Kier alpha value is -2.80. The van der Waals surface area contributed by atoms with Crippen LogP contribution in [0.2, 0.25) is 0 Å². The lowest BCUT2D eigenvalue weighted by Gasteiger charge is -2.10. The van der Waals surface area contributed by atoms with Gasteiger partial charge in [-0.15, -0.1) is 10.2 Å². The first kappa shape index (κ1) is 19.0. The first-order valence-corrected chi connectivity index (χ1v) is 9.52. The van der Waals surface area contributed by atoms with Crippen molar-refractivity contribution in [3.8, 4) is 11.5 Å². The Morgan fingerprint density at radius 2 is 1.96 bits per heavy atom. The fourth-order valence-electron chi connectivity index (χ4n) is 2.42. The zero-order chi connectivity index (χ0) is 18.9. The second-order valence-electron chi connectivity index (χ2n) is 5.70. The van der Waals surface area contributed by atoms with Crippen molar-refractivity contribution in [3.63, 3.8) is 0 Å². The maximum atomic E-state index is 10.8. The molecule has 0 aliphatic heterocycles. The summed E-state index contributed by atoms with van der Waals surface area (Å²) in [7, 11) is 1.55. The molecule has 0 fully saturated rings. The average Bonchev–Trinajstić information content (AvgIpc) is 3.15. The van der Waals surface area contributed by atoms with Crippen molar-refractivity contribution in [2.75, 3.05) is 19.5 Å². The summed E-state index contributed by atoms with van der Waals surface area (Å²) in [5.41, 5.74) is 1.69. The molecular weight excluding hydrogens is 364 g/mol. The summed E-state index contributed by atoms with van der Waals surface area (Å²) >= 11 is 1.51. The van der Waals surface area contributed by atoms with Crippen LogP contribution in [0.25, 0.3) is 0 Å². The van der Waals surface area contributed by atoms with Crippen LogP contribution in [0.3, 0.4) is 0 Å². The van der Waals surface area contributed by atoms with Crippen LogP contribution in [0, 0.1) is 0 Å². The van der Waals surface area contributed by atoms with Gasteiger partial charge >= 0.3 is 0 Å². The van der Waals surface area contributed by atoms with Gasteiger partial charge in [-0.1, -0.05) is 42.1 Å². The Bertz CT molecular complexity index is 867. The zero-order valence-electron chi connectivity index (χ0n) is 15.0. The van der Waals surface area contributed by atoms with Gasteiger partial charge in [0.2, 0.25) is 5.89 Å². The molecule has 0 saturated carbocycles. The number of aromatic nitrogens is 2. The van der Waals surface area contributed by atoms with Gasteiger partial charge in [-0.3, -0.25) is 4.79 Å². The summed E-state index contributed by atoms with van der Waals surface area (Å²) in [5, 5.41) is 8.71. The number of ether oxygens (including phenoxy) is 2. The number of hydrogen-bond donors (Lipinski definition) is 0. The van der Waals surface area contributed by atoms with Gasteiger partial charge in [0.25, 0.3) is 5.22 Å². The van der Waals surface area contributed by atoms with E-state index in [2.05, 4.69) is 10.2 Å². The van der Waals surface area contributed by atoms with Gasteiger partial charge in [0.1, 0.15) is 6.29 Å². The number of aldehydes is 1. The third kappa shape index (κ3) is 5.59. The van der Waals surface area contributed by atoms with E-state index < -0.39 is 0 Å². The smallest absolute Gasteiger partial charge is 0.276 e. The van der Waals surface area contributed by atoms with Crippen LogP contribution in [0.4, 0.5) is 0 Å². The molecule has 0 aliphatic carbocycles. The lowest BCUT2D eigenvalue weighted by Crippen LogP contribution is -2.01. The van der Waals surface area contributed by atoms with Gasteiger partial charge < -0.3 is 13.9 Å². The Morgan fingerprint density at radius 3 is 2.74 bits per heavy atom. The summed E-state index contributed by atoms with van der Waals surface area (Å²) in [4.78, 5) is 10.8. The number of carbonyl (C=O) groups excluding carboxylic acids is 1. The number of carbonyl (C=O) groups is 1. The van der Waals surface area contributed by atoms with Gasteiger partial charge in [0.15, 0.2) is 11.5 Å². The molecule has 0 saturated heterocycles. The molecule has 0 radical (unpaired) electrons. The number of methoxy groups -OCH3 is 1. The highest BCUT2D eigenvalue weighted by molar-refractivity contribution is 7.99. The molecule has 140 valence electrons. The van der Waals surface area contributed by atoms with Crippen LogP contribution in [0.1, 0.15) is 28.2 Å². The quantitative estimate of drug-likeness (QED) is 0.297. The van der Waals surface area contributed by atoms with Crippen molar-refractivity contribution < 1.29 is 18.7 Å². The van der Waals surface area contributed by atoms with Gasteiger partial charge in [-0.2, -0.15) is 0 Å². The van der Waals surface area contributed by atoms with E-state index in [1.165, 1.54) is 11.8 Å². The second-order valence-corrected chi connectivity index (χ2v) is 6.75. The first-order chi connectivity index (χ1) is 13.3. The SMILES string of the molecule is COc1cc(C=O)ccc1OCCCSc1nnc(Cc2ccccc2)o1. The number of hydrogen-bond acceptors (Lipinski definition) is 7. The molecule has 0 aliphatic rings. The van der Waals surface area contributed by atoms with E-state index in [0.717, 1.165) is 24.0 Å². The number of thioether (sulfide) groups is 1. The van der Waals surface area contributed by atoms with E-state index in [1.807, 2.05) is 30.3 Å². The van der Waals surface area contributed by atoms with E-state index in [4.69, 9.17) is 13.9 Å². The third-order valence-corrected chi connectivity index (χ3v) is 4.65. The topological polar surface area (TPSA) is 74.5 Å². The lowest BCUT2D eigenvalue weighted by atomic mass is 10.2. The minimum atomic E-state index is 0.523. The molecule has 0 spiro atoms. The number of benzene rings is 2. The molecule has 2 aromatic carbocycles. The van der Waals surface area contributed by atoms with Gasteiger partial charge in [-0.25, -0.2) is 0 Å². The highest BCUT2D eigenvalue weighted by Crippen LogP contribution is 2.28. The standard InChI is InChI=1S/C20H20N2O4S/c1-24-18-12-16(14-23)8-9-17(18)25-10-5-11-27-20-22-21-19(26-20)13-15-6-3-2-4-7-15/h2-4,6-9,12,14H,5,10-11,13H2,1H3. The third-order valence-electron chi connectivity index (χ3n) is 3.74. The van der Waals surface area contributed by atoms with E-state index in [0.29, 0.717) is 41.2 Å². The Morgan fingerprint density at radius 1 is 1.11 bits per heavy atom. The second kappa shape index (κ2) is 9.78. The van der Waals surface area contributed by atoms with Crippen molar-refractivity contribution in [3.05, 3.63) is 65.5 Å². The molecular formula is C20H20N2O4S. The molecule has 6 nitrogen and oxygen atoms in total. The minimum absolute atomic E-state index is 0.523. The average molecular weight is 384 g/mol. The molecule has 3 rings (SSSR count). The maximum Gasteiger partial charge on any atom is 0.276 e. The lowest BCUT2D eigenvalue weighted by molar-refractivity contribution is 0.112. The molecule has 1 heterocycles. The Labute approximate surface area is 161 Å². The highest BCUT2D eigenvalue weighted by Gasteiger charge is 2.08. The van der Waals surface area contributed by atoms with Crippen LogP contribution in [-0.4, -0.2) is 36.0 Å². The molecule has 0 bridgehead atoms. The van der Waals surface area contributed by atoms with Crippen molar-refractivity contribution in [1.29, 1.82) is 0 Å². The van der Waals surface area contributed by atoms with Crippen LogP contribution in [0.15, 0.2) is 58.2 Å². The largest absolute Gasteiger partial charge is 0.493 e. The van der Waals surface area contributed by atoms with Gasteiger partial charge in [-0.05, 0) is 30.2 Å². The van der Waals surface area contributed by atoms with Crippen molar-refractivity contribution in [2.24, 2.45) is 0 Å². The molecule has 7 heteroatoms. The highest BCUT2D eigenvalue weighted by atomic mass is 32.2. The van der Waals surface area contributed by atoms with Crippen molar-refractivity contribution >= 4 is 18.0 Å². The molecule has 27 heavy (non-hydrogen) atoms. The van der Waals surface area contributed by atoms with Crippen LogP contribution >= 0.6 is 11.8 Å². The maximum absolute atomic E-state index is 10.8. The van der Waals surface area contributed by atoms with Crippen molar-refractivity contribution in [1.82, 2.24) is 10.2 Å². The van der Waals surface area contributed by atoms with Gasteiger partial charge in [0, 0.05) is 11.3 Å². The first-order valence-electron chi connectivity index (χ1n) is 8.53. The molecule has 0 amide bonds. The van der Waals surface area contributed by atoms with E-state index in [-0.39, 0.29) is 0 Å². The predicted octanol–water partition coefficient (Wildman–Crippen LogP) is 4.04. The summed E-state index contributed by atoms with van der Waals surface area (Å²) in [5.74, 6) is 2.58. The van der Waals surface area contributed by atoms with Gasteiger partial charge in [0.05, 0.1) is 20.1 Å². The van der Waals surface area contributed by atoms with Crippen LogP contribution in [-0.2, 0) is 6.42 Å².